The van der Waals surface area contributed by atoms with Gasteiger partial charge in [0.15, 0.2) is 5.96 Å². The van der Waals surface area contributed by atoms with Gasteiger partial charge in [-0.15, -0.1) is 0 Å². The number of carbonyl (C=O) groups is 1. The molecule has 0 aromatic rings. The molecule has 0 aliphatic carbocycles. The molecule has 8 heteroatoms. The molecule has 2 rings (SSSR count). The fourth-order valence-electron chi connectivity index (χ4n) is 3.70. The summed E-state index contributed by atoms with van der Waals surface area (Å²) in [5.41, 5.74) is 0. The monoisotopic (exact) mass is 397 g/mol. The zero-order valence-corrected chi connectivity index (χ0v) is 18.2. The van der Waals surface area contributed by atoms with Gasteiger partial charge < -0.3 is 24.6 Å². The fourth-order valence-corrected chi connectivity index (χ4v) is 3.70. The van der Waals surface area contributed by atoms with Crippen LogP contribution in [0.15, 0.2) is 4.99 Å². The molecular formula is C20H39N5O3. The number of hydrogen-bond donors (Lipinski definition) is 1. The van der Waals surface area contributed by atoms with E-state index in [1.807, 2.05) is 18.9 Å². The first-order valence-corrected chi connectivity index (χ1v) is 10.7. The van der Waals surface area contributed by atoms with Gasteiger partial charge in [-0.3, -0.25) is 14.7 Å². The summed E-state index contributed by atoms with van der Waals surface area (Å²) >= 11 is 0. The van der Waals surface area contributed by atoms with Crippen LogP contribution in [0.5, 0.6) is 0 Å². The Balaban J connectivity index is 1.70. The normalized spacial score (nSPS) is 20.5. The van der Waals surface area contributed by atoms with Gasteiger partial charge in [0.1, 0.15) is 0 Å². The number of nitrogens with one attached hydrogen (secondary N) is 1. The van der Waals surface area contributed by atoms with E-state index in [1.54, 1.807) is 0 Å². The van der Waals surface area contributed by atoms with E-state index in [-0.39, 0.29) is 12.0 Å². The van der Waals surface area contributed by atoms with Gasteiger partial charge in [-0.2, -0.15) is 0 Å². The van der Waals surface area contributed by atoms with Crippen molar-refractivity contribution in [2.45, 2.75) is 33.3 Å². The number of piperazine rings is 1. The molecule has 8 nitrogen and oxygen atoms in total. The summed E-state index contributed by atoms with van der Waals surface area (Å²) in [4.78, 5) is 23.3. The summed E-state index contributed by atoms with van der Waals surface area (Å²) in [6.45, 7) is 14.8. The van der Waals surface area contributed by atoms with E-state index >= 15 is 0 Å². The molecule has 2 aliphatic rings. The average Bonchev–Trinajstić information content (AvgIpc) is 2.71. The van der Waals surface area contributed by atoms with Crippen LogP contribution >= 0.6 is 0 Å². The van der Waals surface area contributed by atoms with Crippen molar-refractivity contribution in [3.05, 3.63) is 0 Å². The van der Waals surface area contributed by atoms with Crippen LogP contribution in [0.2, 0.25) is 0 Å². The largest absolute Gasteiger partial charge is 0.378 e. The molecule has 1 unspecified atom stereocenters. The lowest BCUT2D eigenvalue weighted by Crippen LogP contribution is -2.55. The molecule has 1 atom stereocenters. The van der Waals surface area contributed by atoms with Gasteiger partial charge in [0.2, 0.25) is 5.91 Å². The summed E-state index contributed by atoms with van der Waals surface area (Å²) in [6, 6.07) is 0. The summed E-state index contributed by atoms with van der Waals surface area (Å²) in [5, 5.41) is 3.48. The number of morpholine rings is 1. The number of ether oxygens (including phenoxy) is 2. The van der Waals surface area contributed by atoms with Gasteiger partial charge in [0.25, 0.3) is 0 Å². The third-order valence-electron chi connectivity index (χ3n) is 5.44. The molecule has 0 aromatic carbocycles. The Bertz CT molecular complexity index is 486. The molecule has 1 amide bonds. The Labute approximate surface area is 170 Å². The molecule has 2 heterocycles. The molecule has 162 valence electrons. The zero-order valence-electron chi connectivity index (χ0n) is 18.2. The summed E-state index contributed by atoms with van der Waals surface area (Å²) < 4.78 is 11.1. The van der Waals surface area contributed by atoms with Gasteiger partial charge in [-0.05, 0) is 19.3 Å². The summed E-state index contributed by atoms with van der Waals surface area (Å²) in [6.07, 6.45) is 1.25. The van der Waals surface area contributed by atoms with E-state index in [4.69, 9.17) is 9.47 Å². The zero-order chi connectivity index (χ0) is 20.4. The van der Waals surface area contributed by atoms with Crippen molar-refractivity contribution >= 4 is 11.9 Å². The minimum absolute atomic E-state index is 0.218. The molecule has 0 saturated carbocycles. The summed E-state index contributed by atoms with van der Waals surface area (Å²) in [5.74, 6) is 1.67. The van der Waals surface area contributed by atoms with E-state index < -0.39 is 0 Å². The number of carbonyl (C=O) groups excluding carboxylic acids is 1. The van der Waals surface area contributed by atoms with Crippen LogP contribution in [-0.2, 0) is 14.3 Å². The number of guanidine groups is 1. The Morgan fingerprint density at radius 1 is 1.11 bits per heavy atom. The quantitative estimate of drug-likeness (QED) is 0.475. The molecule has 0 aromatic heterocycles. The fraction of sp³-hybridized carbons (Fsp3) is 0.900. The van der Waals surface area contributed by atoms with E-state index in [2.05, 4.69) is 34.0 Å². The third-order valence-corrected chi connectivity index (χ3v) is 5.44. The van der Waals surface area contributed by atoms with E-state index in [9.17, 15) is 4.79 Å². The molecular weight excluding hydrogens is 358 g/mol. The minimum Gasteiger partial charge on any atom is -0.378 e. The maximum absolute atomic E-state index is 12.4. The van der Waals surface area contributed by atoms with Crippen LogP contribution in [0.4, 0.5) is 0 Å². The van der Waals surface area contributed by atoms with Crippen molar-refractivity contribution in [2.75, 3.05) is 79.2 Å². The first-order chi connectivity index (χ1) is 13.5. The Hall–Kier alpha value is -1.38. The SMILES string of the molecule is CCOC(CCNC(=NC)N1CCN(CC(=O)N2CCOCC2)CC1)C(C)C. The average molecular weight is 398 g/mol. The van der Waals surface area contributed by atoms with Crippen LogP contribution in [0.25, 0.3) is 0 Å². The van der Waals surface area contributed by atoms with Crippen LogP contribution in [0.1, 0.15) is 27.2 Å². The highest BCUT2D eigenvalue weighted by atomic mass is 16.5. The second-order valence-corrected chi connectivity index (χ2v) is 7.76. The number of amides is 1. The van der Waals surface area contributed by atoms with Crippen LogP contribution in [-0.4, -0.2) is 112 Å². The lowest BCUT2D eigenvalue weighted by Gasteiger charge is -2.37. The molecule has 2 saturated heterocycles. The Kier molecular flexibility index (Phi) is 10.0. The van der Waals surface area contributed by atoms with Crippen molar-refractivity contribution < 1.29 is 14.3 Å². The number of hydrogen-bond acceptors (Lipinski definition) is 5. The van der Waals surface area contributed by atoms with E-state index in [0.717, 1.165) is 51.7 Å². The maximum atomic E-state index is 12.4. The third kappa shape index (κ3) is 7.22. The predicted octanol–water partition coefficient (Wildman–Crippen LogP) is 0.489. The van der Waals surface area contributed by atoms with Gasteiger partial charge in [-0.25, -0.2) is 0 Å². The van der Waals surface area contributed by atoms with Crippen molar-refractivity contribution in [3.63, 3.8) is 0 Å². The van der Waals surface area contributed by atoms with Gasteiger partial charge in [-0.1, -0.05) is 13.8 Å². The lowest BCUT2D eigenvalue weighted by atomic mass is 10.0. The van der Waals surface area contributed by atoms with Gasteiger partial charge in [0.05, 0.1) is 25.9 Å². The van der Waals surface area contributed by atoms with Crippen LogP contribution in [0, 0.1) is 5.92 Å². The number of rotatable bonds is 8. The molecule has 2 fully saturated rings. The first-order valence-electron chi connectivity index (χ1n) is 10.7. The van der Waals surface area contributed by atoms with Crippen molar-refractivity contribution in [1.29, 1.82) is 0 Å². The van der Waals surface area contributed by atoms with Crippen molar-refractivity contribution in [1.82, 2.24) is 20.0 Å². The van der Waals surface area contributed by atoms with Gasteiger partial charge >= 0.3 is 0 Å². The predicted molar refractivity (Wildman–Crippen MR) is 112 cm³/mol. The second kappa shape index (κ2) is 12.2. The second-order valence-electron chi connectivity index (χ2n) is 7.76. The Morgan fingerprint density at radius 2 is 1.79 bits per heavy atom. The molecule has 28 heavy (non-hydrogen) atoms. The van der Waals surface area contributed by atoms with Gasteiger partial charge in [0, 0.05) is 59.5 Å². The topological polar surface area (TPSA) is 69.6 Å². The van der Waals surface area contributed by atoms with Crippen molar-refractivity contribution in [2.24, 2.45) is 10.9 Å². The summed E-state index contributed by atoms with van der Waals surface area (Å²) in [7, 11) is 1.83. The number of aliphatic imine (C=N–C) groups is 1. The highest BCUT2D eigenvalue weighted by molar-refractivity contribution is 5.80. The number of nitrogens with zero attached hydrogens (tertiary/aromatic N) is 4. The molecule has 2 aliphatic heterocycles. The highest BCUT2D eigenvalue weighted by Gasteiger charge is 2.24. The molecule has 0 spiro atoms. The smallest absolute Gasteiger partial charge is 0.236 e. The van der Waals surface area contributed by atoms with Crippen LogP contribution in [0.3, 0.4) is 0 Å². The first kappa shape index (κ1) is 22.9. The Morgan fingerprint density at radius 3 is 2.36 bits per heavy atom. The lowest BCUT2D eigenvalue weighted by molar-refractivity contribution is -0.136. The standard InChI is InChI=1S/C20H39N5O3/c1-5-28-18(17(2)3)6-7-22-20(21-4)25-10-8-23(9-11-25)16-19(26)24-12-14-27-15-13-24/h17-18H,5-16H2,1-4H3,(H,21,22). The van der Waals surface area contributed by atoms with E-state index in [1.165, 1.54) is 0 Å². The molecule has 1 N–H and O–H groups in total. The molecule has 0 bridgehead atoms. The minimum atomic E-state index is 0.218. The maximum Gasteiger partial charge on any atom is 0.236 e. The highest BCUT2D eigenvalue weighted by Crippen LogP contribution is 2.10. The van der Waals surface area contributed by atoms with E-state index in [0.29, 0.717) is 38.8 Å². The van der Waals surface area contributed by atoms with Crippen molar-refractivity contribution in [3.8, 4) is 0 Å². The van der Waals surface area contributed by atoms with Crippen LogP contribution < -0.4 is 5.32 Å². The molecule has 0 radical (unpaired) electrons.